The van der Waals surface area contributed by atoms with Crippen LogP contribution in [-0.2, 0) is 4.79 Å². The molecule has 1 aromatic rings. The van der Waals surface area contributed by atoms with E-state index in [1.54, 1.807) is 0 Å². The van der Waals surface area contributed by atoms with Crippen LogP contribution in [0.15, 0.2) is 30.3 Å². The van der Waals surface area contributed by atoms with E-state index in [2.05, 4.69) is 31.8 Å². The molecule has 0 aliphatic rings. The van der Waals surface area contributed by atoms with E-state index in [1.807, 2.05) is 18.2 Å². The Morgan fingerprint density at radius 1 is 1.21 bits per heavy atom. The van der Waals surface area contributed by atoms with E-state index in [4.69, 9.17) is 0 Å². The molecular formula is C12H18OSi. The van der Waals surface area contributed by atoms with Crippen molar-refractivity contribution < 1.29 is 4.79 Å². The molecule has 0 unspecified atom stereocenters. The van der Waals surface area contributed by atoms with Gasteiger partial charge in [0.25, 0.3) is 0 Å². The number of benzene rings is 1. The van der Waals surface area contributed by atoms with Gasteiger partial charge in [-0.3, -0.25) is 0 Å². The number of rotatable bonds is 4. The van der Waals surface area contributed by atoms with E-state index in [0.717, 1.165) is 6.29 Å². The number of carbonyl (C=O) groups excluding carboxylic acids is 1. The van der Waals surface area contributed by atoms with Gasteiger partial charge in [0, 0.05) is 6.42 Å². The molecule has 0 aromatic heterocycles. The van der Waals surface area contributed by atoms with E-state index >= 15 is 0 Å². The fourth-order valence-electron chi connectivity index (χ4n) is 1.77. The van der Waals surface area contributed by atoms with Gasteiger partial charge in [-0.25, -0.2) is 0 Å². The first-order valence-electron chi connectivity index (χ1n) is 5.04. The summed E-state index contributed by atoms with van der Waals surface area (Å²) in [6.45, 7) is 6.94. The molecule has 0 bridgehead atoms. The van der Waals surface area contributed by atoms with Crippen LogP contribution in [0.5, 0.6) is 0 Å². The average molecular weight is 206 g/mol. The van der Waals surface area contributed by atoms with Crippen LogP contribution >= 0.6 is 0 Å². The number of aldehydes is 1. The second-order valence-corrected chi connectivity index (χ2v) is 10.2. The third kappa shape index (κ3) is 2.81. The highest BCUT2D eigenvalue weighted by Crippen LogP contribution is 2.28. The largest absolute Gasteiger partial charge is 0.303 e. The molecule has 2 heteroatoms. The maximum absolute atomic E-state index is 10.7. The molecule has 0 radical (unpaired) electrons. The van der Waals surface area contributed by atoms with Crippen LogP contribution < -0.4 is 0 Å². The molecule has 1 aromatic carbocycles. The van der Waals surface area contributed by atoms with E-state index in [0.29, 0.717) is 12.0 Å². The Morgan fingerprint density at radius 2 is 1.79 bits per heavy atom. The highest BCUT2D eigenvalue weighted by Gasteiger charge is 2.27. The lowest BCUT2D eigenvalue weighted by Crippen LogP contribution is -2.31. The zero-order valence-electron chi connectivity index (χ0n) is 9.16. The van der Waals surface area contributed by atoms with Gasteiger partial charge in [0.2, 0.25) is 0 Å². The van der Waals surface area contributed by atoms with Gasteiger partial charge in [0.1, 0.15) is 6.29 Å². The Balaban J connectivity index is 2.95. The van der Waals surface area contributed by atoms with Crippen molar-refractivity contribution in [3.05, 3.63) is 35.9 Å². The minimum atomic E-state index is -1.28. The zero-order valence-corrected chi connectivity index (χ0v) is 10.2. The molecule has 0 heterocycles. The third-order valence-electron chi connectivity index (χ3n) is 2.58. The predicted octanol–water partition coefficient (Wildman–Crippen LogP) is 3.24. The third-order valence-corrected chi connectivity index (χ3v) is 5.24. The smallest absolute Gasteiger partial charge is 0.120 e. The summed E-state index contributed by atoms with van der Waals surface area (Å²) in [5, 5.41) is 0. The van der Waals surface area contributed by atoms with Crippen LogP contribution in [-0.4, -0.2) is 14.4 Å². The molecule has 0 N–H and O–H groups in total. The molecule has 0 aliphatic carbocycles. The molecule has 0 spiro atoms. The fraction of sp³-hybridized carbons (Fsp3) is 0.417. The summed E-state index contributed by atoms with van der Waals surface area (Å²) >= 11 is 0. The van der Waals surface area contributed by atoms with Crippen LogP contribution in [0.4, 0.5) is 0 Å². The predicted molar refractivity (Wildman–Crippen MR) is 63.2 cm³/mol. The van der Waals surface area contributed by atoms with Crippen LogP contribution in [0.3, 0.4) is 0 Å². The van der Waals surface area contributed by atoms with Gasteiger partial charge in [0.15, 0.2) is 0 Å². The van der Waals surface area contributed by atoms with Crippen LogP contribution in [0.2, 0.25) is 19.6 Å². The minimum Gasteiger partial charge on any atom is -0.303 e. The molecule has 76 valence electrons. The first kappa shape index (κ1) is 11.2. The second-order valence-electron chi connectivity index (χ2n) is 4.73. The monoisotopic (exact) mass is 206 g/mol. The first-order valence-corrected chi connectivity index (χ1v) is 8.62. The Bertz CT molecular complexity index is 287. The lowest BCUT2D eigenvalue weighted by atomic mass is 10.1. The van der Waals surface area contributed by atoms with Gasteiger partial charge in [-0.15, -0.1) is 0 Å². The molecule has 1 rings (SSSR count). The van der Waals surface area contributed by atoms with Crippen molar-refractivity contribution in [3.8, 4) is 0 Å². The van der Waals surface area contributed by atoms with E-state index in [1.165, 1.54) is 5.56 Å². The average Bonchev–Trinajstić information content (AvgIpc) is 2.14. The quantitative estimate of drug-likeness (QED) is 0.546. The van der Waals surface area contributed by atoms with Gasteiger partial charge in [-0.05, 0) is 11.1 Å². The summed E-state index contributed by atoms with van der Waals surface area (Å²) in [5.74, 6) is 0. The maximum atomic E-state index is 10.7. The Morgan fingerprint density at radius 3 is 2.21 bits per heavy atom. The van der Waals surface area contributed by atoms with Crippen molar-refractivity contribution in [2.24, 2.45) is 0 Å². The molecule has 14 heavy (non-hydrogen) atoms. The van der Waals surface area contributed by atoms with Crippen molar-refractivity contribution in [1.29, 1.82) is 0 Å². The highest BCUT2D eigenvalue weighted by atomic mass is 28.3. The topological polar surface area (TPSA) is 17.1 Å². The summed E-state index contributed by atoms with van der Waals surface area (Å²) in [5.41, 5.74) is 1.78. The molecular weight excluding hydrogens is 188 g/mol. The van der Waals surface area contributed by atoms with Crippen LogP contribution in [0.1, 0.15) is 17.5 Å². The van der Waals surface area contributed by atoms with Crippen LogP contribution in [0, 0.1) is 0 Å². The van der Waals surface area contributed by atoms with Gasteiger partial charge in [-0.2, -0.15) is 0 Å². The van der Waals surface area contributed by atoms with E-state index < -0.39 is 8.07 Å². The summed E-state index contributed by atoms with van der Waals surface area (Å²) in [7, 11) is -1.28. The Labute approximate surface area is 87.2 Å². The summed E-state index contributed by atoms with van der Waals surface area (Å²) in [6.07, 6.45) is 1.72. The molecule has 0 fully saturated rings. The van der Waals surface area contributed by atoms with Gasteiger partial charge < -0.3 is 4.79 Å². The van der Waals surface area contributed by atoms with Crippen molar-refractivity contribution >= 4 is 14.4 Å². The molecule has 0 amide bonds. The van der Waals surface area contributed by atoms with Gasteiger partial charge >= 0.3 is 0 Å². The summed E-state index contributed by atoms with van der Waals surface area (Å²) < 4.78 is 0. The summed E-state index contributed by atoms with van der Waals surface area (Å²) in [4.78, 5) is 10.7. The van der Waals surface area contributed by atoms with Gasteiger partial charge in [-0.1, -0.05) is 50.0 Å². The second kappa shape index (κ2) is 4.56. The van der Waals surface area contributed by atoms with Gasteiger partial charge in [0.05, 0.1) is 8.07 Å². The number of carbonyl (C=O) groups is 1. The maximum Gasteiger partial charge on any atom is 0.120 e. The number of hydrogen-bond acceptors (Lipinski definition) is 1. The van der Waals surface area contributed by atoms with Crippen molar-refractivity contribution in [1.82, 2.24) is 0 Å². The van der Waals surface area contributed by atoms with Crippen molar-refractivity contribution in [3.63, 3.8) is 0 Å². The lowest BCUT2D eigenvalue weighted by molar-refractivity contribution is -0.107. The molecule has 0 saturated carbocycles. The normalized spacial score (nSPS) is 13.6. The molecule has 0 aliphatic heterocycles. The standard InChI is InChI=1S/C12H18OSi/c1-14(2,3)12(9-10-13)11-7-5-4-6-8-11/h4-8,10,12H,9H2,1-3H3/t12-/m1/s1. The van der Waals surface area contributed by atoms with Crippen molar-refractivity contribution in [2.75, 3.05) is 0 Å². The minimum absolute atomic E-state index is 0.459. The number of hydrogen-bond donors (Lipinski definition) is 0. The Kier molecular flexibility index (Phi) is 3.64. The highest BCUT2D eigenvalue weighted by molar-refractivity contribution is 6.77. The lowest BCUT2D eigenvalue weighted by Gasteiger charge is -2.27. The molecule has 1 nitrogen and oxygen atoms in total. The molecule has 0 saturated heterocycles. The SMILES string of the molecule is C[Si](C)(C)[C@H](CC=O)c1ccccc1. The van der Waals surface area contributed by atoms with E-state index in [9.17, 15) is 4.79 Å². The van der Waals surface area contributed by atoms with Crippen molar-refractivity contribution in [2.45, 2.75) is 31.6 Å². The zero-order chi connectivity index (χ0) is 10.6. The Hall–Kier alpha value is -0.893. The summed E-state index contributed by atoms with van der Waals surface area (Å²) in [6, 6.07) is 10.4. The first-order chi connectivity index (χ1) is 6.55. The van der Waals surface area contributed by atoms with Crippen LogP contribution in [0.25, 0.3) is 0 Å². The fourth-order valence-corrected chi connectivity index (χ4v) is 3.77. The molecule has 1 atom stereocenters. The van der Waals surface area contributed by atoms with E-state index in [-0.39, 0.29) is 0 Å².